The molecule has 3 atom stereocenters. The fraction of sp³-hybridized carbons (Fsp3) is 0.529. The summed E-state index contributed by atoms with van der Waals surface area (Å²) in [6.07, 6.45) is 5.82. The second-order valence-electron chi connectivity index (χ2n) is 6.91. The van der Waals surface area contributed by atoms with Crippen LogP contribution >= 0.6 is 0 Å². The summed E-state index contributed by atoms with van der Waals surface area (Å²) in [5.74, 6) is -0.652. The third-order valence-corrected chi connectivity index (χ3v) is 4.65. The molecule has 1 aliphatic heterocycles. The van der Waals surface area contributed by atoms with Crippen molar-refractivity contribution in [2.45, 2.75) is 38.5 Å². The smallest absolute Gasteiger partial charge is 0.248 e. The highest BCUT2D eigenvalue weighted by atomic mass is 16.3. The molecule has 0 spiro atoms. The van der Waals surface area contributed by atoms with Crippen LogP contribution in [0.3, 0.4) is 0 Å². The molecule has 2 N–H and O–H groups in total. The van der Waals surface area contributed by atoms with Gasteiger partial charge in [0.25, 0.3) is 0 Å². The Morgan fingerprint density at radius 1 is 1.30 bits per heavy atom. The zero-order valence-electron chi connectivity index (χ0n) is 15.5. The van der Waals surface area contributed by atoms with Gasteiger partial charge in [0.05, 0.1) is 12.3 Å². The summed E-state index contributed by atoms with van der Waals surface area (Å²) in [5, 5.41) is 20.8. The highest BCUT2D eigenvalue weighted by molar-refractivity contribution is 5.90. The molecular formula is C17H23N7O3. The number of carbonyl (C=O) groups excluding carboxylic acids is 2. The molecule has 0 bridgehead atoms. The number of β-amino-alcohol motifs (C(OH)–C–C–N with tert-alkyl or cyclic N) is 1. The molecular weight excluding hydrogens is 350 g/mol. The molecule has 3 rings (SSSR count). The minimum Gasteiger partial charge on any atom is -0.391 e. The summed E-state index contributed by atoms with van der Waals surface area (Å²) in [4.78, 5) is 34.7. The van der Waals surface area contributed by atoms with E-state index in [0.717, 1.165) is 0 Å². The van der Waals surface area contributed by atoms with Gasteiger partial charge in [-0.1, -0.05) is 19.1 Å². The van der Waals surface area contributed by atoms with Crippen molar-refractivity contribution in [1.82, 2.24) is 35.2 Å². The lowest BCUT2D eigenvalue weighted by molar-refractivity contribution is -0.142. The maximum atomic E-state index is 13.2. The molecule has 0 radical (unpaired) electrons. The van der Waals surface area contributed by atoms with E-state index in [0.29, 0.717) is 11.3 Å². The number of nitrogens with zero attached hydrogens (tertiary/aromatic N) is 6. The van der Waals surface area contributed by atoms with Gasteiger partial charge in [0.15, 0.2) is 0 Å². The maximum Gasteiger partial charge on any atom is 0.248 e. The molecule has 27 heavy (non-hydrogen) atoms. The van der Waals surface area contributed by atoms with Crippen molar-refractivity contribution in [2.75, 3.05) is 13.6 Å². The number of aliphatic hydroxyl groups is 1. The molecule has 0 saturated carbocycles. The minimum atomic E-state index is -0.725. The first-order valence-electron chi connectivity index (χ1n) is 8.79. The molecule has 1 aliphatic rings. The van der Waals surface area contributed by atoms with E-state index in [4.69, 9.17) is 0 Å². The summed E-state index contributed by atoms with van der Waals surface area (Å²) in [6, 6.07) is -1.34. The molecule has 2 aromatic rings. The lowest BCUT2D eigenvalue weighted by atomic mass is 10.0. The predicted molar refractivity (Wildman–Crippen MR) is 95.1 cm³/mol. The second kappa shape index (κ2) is 7.78. The van der Waals surface area contributed by atoms with Crippen molar-refractivity contribution in [1.29, 1.82) is 0 Å². The molecule has 0 aliphatic carbocycles. The number of hydrogen-bond donors (Lipinski definition) is 2. The lowest BCUT2D eigenvalue weighted by Crippen LogP contribution is -2.48. The summed E-state index contributed by atoms with van der Waals surface area (Å²) in [7, 11) is 1.52. The van der Waals surface area contributed by atoms with E-state index in [1.807, 2.05) is 13.8 Å². The highest BCUT2D eigenvalue weighted by Gasteiger charge is 2.42. The number of likely N-dealkylation sites (N-methyl/N-ethyl adjacent to an activating group) is 1. The van der Waals surface area contributed by atoms with Crippen LogP contribution in [0.15, 0.2) is 24.9 Å². The standard InChI is InChI=1S/C17H23N7O3/c1-10(2)15(17(27)23-7-12(25)4-14(23)16(26)18-3)24-8-13(21-22-24)11-5-19-9-20-6-11/h5-6,8-10,12,14-15,25H,4,7H2,1-3H3,(H,18,26)/t12?,14?,15-/m0/s1. The van der Waals surface area contributed by atoms with Crippen LogP contribution in [0.5, 0.6) is 0 Å². The zero-order chi connectivity index (χ0) is 19.6. The van der Waals surface area contributed by atoms with Crippen molar-refractivity contribution in [3.63, 3.8) is 0 Å². The first kappa shape index (κ1) is 18.9. The number of likely N-dealkylation sites (tertiary alicyclic amines) is 1. The van der Waals surface area contributed by atoms with Crippen LogP contribution in [0.2, 0.25) is 0 Å². The fourth-order valence-electron chi connectivity index (χ4n) is 3.32. The fourth-order valence-corrected chi connectivity index (χ4v) is 3.32. The van der Waals surface area contributed by atoms with Crippen LogP contribution in [-0.2, 0) is 9.59 Å². The molecule has 1 saturated heterocycles. The van der Waals surface area contributed by atoms with Gasteiger partial charge >= 0.3 is 0 Å². The molecule has 0 aromatic carbocycles. The van der Waals surface area contributed by atoms with Crippen LogP contribution in [0.4, 0.5) is 0 Å². The molecule has 10 heteroatoms. The quantitative estimate of drug-likeness (QED) is 0.733. The van der Waals surface area contributed by atoms with Gasteiger partial charge in [-0.25, -0.2) is 14.6 Å². The van der Waals surface area contributed by atoms with Gasteiger partial charge in [0.2, 0.25) is 11.8 Å². The van der Waals surface area contributed by atoms with Crippen molar-refractivity contribution in [3.8, 4) is 11.3 Å². The van der Waals surface area contributed by atoms with Gasteiger partial charge in [0.1, 0.15) is 24.1 Å². The minimum absolute atomic E-state index is 0.0952. The zero-order valence-corrected chi connectivity index (χ0v) is 15.5. The topological polar surface area (TPSA) is 126 Å². The van der Waals surface area contributed by atoms with E-state index in [1.54, 1.807) is 18.6 Å². The van der Waals surface area contributed by atoms with E-state index in [2.05, 4.69) is 25.6 Å². The molecule has 144 valence electrons. The van der Waals surface area contributed by atoms with Gasteiger partial charge in [-0.3, -0.25) is 9.59 Å². The van der Waals surface area contributed by atoms with Gasteiger partial charge in [-0.15, -0.1) is 5.10 Å². The summed E-state index contributed by atoms with van der Waals surface area (Å²) >= 11 is 0. The first-order valence-corrected chi connectivity index (χ1v) is 8.79. The number of aromatic nitrogens is 5. The Balaban J connectivity index is 1.88. The van der Waals surface area contributed by atoms with Gasteiger partial charge in [0, 0.05) is 38.0 Å². The van der Waals surface area contributed by atoms with E-state index < -0.39 is 18.2 Å². The number of rotatable bonds is 5. The number of aliphatic hydroxyl groups excluding tert-OH is 1. The van der Waals surface area contributed by atoms with E-state index in [-0.39, 0.29) is 30.7 Å². The third kappa shape index (κ3) is 3.80. The molecule has 2 unspecified atom stereocenters. The normalized spacial score (nSPS) is 20.7. The first-order chi connectivity index (χ1) is 12.9. The molecule has 2 aromatic heterocycles. The van der Waals surface area contributed by atoms with Crippen molar-refractivity contribution >= 4 is 11.8 Å². The van der Waals surface area contributed by atoms with Gasteiger partial charge < -0.3 is 15.3 Å². The van der Waals surface area contributed by atoms with Crippen LogP contribution < -0.4 is 5.32 Å². The lowest BCUT2D eigenvalue weighted by Gasteiger charge is -2.29. The number of nitrogens with one attached hydrogen (secondary N) is 1. The van der Waals surface area contributed by atoms with Crippen LogP contribution in [0.25, 0.3) is 11.3 Å². The van der Waals surface area contributed by atoms with Crippen molar-refractivity contribution in [3.05, 3.63) is 24.9 Å². The molecule has 1 fully saturated rings. The predicted octanol–water partition coefficient (Wildman–Crippen LogP) is -0.360. The Hall–Kier alpha value is -2.88. The van der Waals surface area contributed by atoms with E-state index in [9.17, 15) is 14.7 Å². The van der Waals surface area contributed by atoms with Crippen LogP contribution in [0.1, 0.15) is 26.3 Å². The van der Waals surface area contributed by atoms with Crippen molar-refractivity contribution < 1.29 is 14.7 Å². The Labute approximate surface area is 156 Å². The Morgan fingerprint density at radius 3 is 2.63 bits per heavy atom. The number of hydrogen-bond acceptors (Lipinski definition) is 7. The number of carbonyl (C=O) groups is 2. The molecule has 2 amide bonds. The van der Waals surface area contributed by atoms with Crippen LogP contribution in [0, 0.1) is 5.92 Å². The maximum absolute atomic E-state index is 13.2. The van der Waals surface area contributed by atoms with Crippen molar-refractivity contribution in [2.24, 2.45) is 5.92 Å². The monoisotopic (exact) mass is 373 g/mol. The van der Waals surface area contributed by atoms with E-state index >= 15 is 0 Å². The van der Waals surface area contributed by atoms with Gasteiger partial charge in [-0.05, 0) is 5.92 Å². The Morgan fingerprint density at radius 2 is 2.00 bits per heavy atom. The molecule has 3 heterocycles. The Kier molecular flexibility index (Phi) is 5.45. The summed E-state index contributed by atoms with van der Waals surface area (Å²) in [6.45, 7) is 3.92. The van der Waals surface area contributed by atoms with Gasteiger partial charge in [-0.2, -0.15) is 0 Å². The summed E-state index contributed by atoms with van der Waals surface area (Å²) in [5.41, 5.74) is 1.25. The largest absolute Gasteiger partial charge is 0.391 e. The summed E-state index contributed by atoms with van der Waals surface area (Å²) < 4.78 is 1.50. The van der Waals surface area contributed by atoms with Crippen LogP contribution in [-0.4, -0.2) is 72.5 Å². The number of amides is 2. The second-order valence-corrected chi connectivity index (χ2v) is 6.91. The third-order valence-electron chi connectivity index (χ3n) is 4.65. The average molecular weight is 373 g/mol. The van der Waals surface area contributed by atoms with E-state index in [1.165, 1.54) is 23.0 Å². The SMILES string of the molecule is CNC(=O)C1CC(O)CN1C(=O)[C@H](C(C)C)n1cc(-c2cncnc2)nn1. The highest BCUT2D eigenvalue weighted by Crippen LogP contribution is 2.27. The Bertz CT molecular complexity index is 808. The average Bonchev–Trinajstić information content (AvgIpc) is 3.28. The molecule has 10 nitrogen and oxygen atoms in total.